The summed E-state index contributed by atoms with van der Waals surface area (Å²) in [6.07, 6.45) is 19.2. The van der Waals surface area contributed by atoms with Crippen molar-refractivity contribution in [2.75, 3.05) is 0 Å². The molecule has 5 aliphatic rings. The summed E-state index contributed by atoms with van der Waals surface area (Å²) in [7, 11) is -4.66. The lowest BCUT2D eigenvalue weighted by atomic mass is 9.44. The van der Waals surface area contributed by atoms with Crippen LogP contribution in [-0.4, -0.2) is 49.9 Å². The van der Waals surface area contributed by atoms with Crippen molar-refractivity contribution in [3.05, 3.63) is 12.2 Å². The van der Waals surface area contributed by atoms with Crippen LogP contribution in [0.25, 0.3) is 0 Å². The topological polar surface area (TPSA) is 116 Å². The minimum Gasteiger partial charge on any atom is -0.390 e. The molecule has 1 aliphatic heterocycles. The van der Waals surface area contributed by atoms with Gasteiger partial charge in [-0.25, -0.2) is 0 Å². The average Bonchev–Trinajstić information content (AvgIpc) is 3.57. The zero-order chi connectivity index (χ0) is 34.0. The molecule has 7 nitrogen and oxygen atoms in total. The molecule has 1 heterocycles. The molecule has 272 valence electrons. The number of ether oxygens (including phenoxy) is 2. The molecular weight excluding hydrogens is 611 g/mol. The van der Waals surface area contributed by atoms with Crippen molar-refractivity contribution in [2.45, 2.75) is 187 Å². The Balaban J connectivity index is 1.20. The summed E-state index contributed by atoms with van der Waals surface area (Å²) in [6.45, 7) is 12.0. The van der Waals surface area contributed by atoms with Crippen molar-refractivity contribution in [2.24, 2.45) is 46.3 Å². The van der Waals surface area contributed by atoms with Gasteiger partial charge in [0.05, 0.1) is 12.2 Å². The summed E-state index contributed by atoms with van der Waals surface area (Å²) in [6, 6.07) is 0. The van der Waals surface area contributed by atoms with Crippen LogP contribution >= 0.6 is 7.60 Å². The number of rotatable bonds is 15. The van der Waals surface area contributed by atoms with Gasteiger partial charge in [0.15, 0.2) is 11.6 Å². The van der Waals surface area contributed by atoms with E-state index in [1.54, 1.807) is 0 Å². The van der Waals surface area contributed by atoms with Crippen molar-refractivity contribution in [1.82, 2.24) is 0 Å². The van der Waals surface area contributed by atoms with Crippen LogP contribution in [0.1, 0.15) is 157 Å². The van der Waals surface area contributed by atoms with Crippen LogP contribution in [0, 0.1) is 46.3 Å². The van der Waals surface area contributed by atoms with Crippen molar-refractivity contribution in [1.29, 1.82) is 0 Å². The van der Waals surface area contributed by atoms with Crippen LogP contribution in [0.5, 0.6) is 0 Å². The highest BCUT2D eigenvalue weighted by molar-refractivity contribution is 7.53. The van der Waals surface area contributed by atoms with Gasteiger partial charge in [0.25, 0.3) is 0 Å². The smallest absolute Gasteiger partial charge is 0.357 e. The van der Waals surface area contributed by atoms with E-state index in [1.165, 1.54) is 64.2 Å². The molecule has 7 unspecified atom stereocenters. The van der Waals surface area contributed by atoms with Gasteiger partial charge in [-0.15, -0.1) is 0 Å². The van der Waals surface area contributed by atoms with E-state index >= 15 is 0 Å². The molecule has 0 aromatic carbocycles. The second kappa shape index (κ2) is 15.5. The molecule has 13 atom stereocenters. The van der Waals surface area contributed by atoms with Crippen LogP contribution in [0.4, 0.5) is 0 Å². The Morgan fingerprint density at radius 2 is 1.64 bits per heavy atom. The molecule has 0 aromatic rings. The first-order chi connectivity index (χ1) is 22.3. The predicted molar refractivity (Wildman–Crippen MR) is 188 cm³/mol. The van der Waals surface area contributed by atoms with Crippen LogP contribution in [0.15, 0.2) is 12.2 Å². The number of hydrogen-bond donors (Lipinski definition) is 4. The highest BCUT2D eigenvalue weighted by Crippen LogP contribution is 2.72. The quantitative estimate of drug-likeness (QED) is 0.0775. The Bertz CT molecular complexity index is 1090. The molecule has 0 bridgehead atoms. The molecule has 0 radical (unpaired) electrons. The summed E-state index contributed by atoms with van der Waals surface area (Å²) in [5.41, 5.74) is 0.483. The van der Waals surface area contributed by atoms with Gasteiger partial charge < -0.3 is 29.5 Å². The fourth-order valence-electron chi connectivity index (χ4n) is 12.0. The number of unbranched alkanes of at least 4 members (excludes halogenated alkanes) is 4. The summed E-state index contributed by atoms with van der Waals surface area (Å²) in [5.74, 6) is 3.88. The van der Waals surface area contributed by atoms with Gasteiger partial charge in [-0.1, -0.05) is 78.9 Å². The number of aliphatic hydroxyl groups excluding tert-OH is 2. The molecule has 0 aromatic heterocycles. The van der Waals surface area contributed by atoms with Crippen molar-refractivity contribution < 1.29 is 34.0 Å². The lowest BCUT2D eigenvalue weighted by Gasteiger charge is -2.62. The van der Waals surface area contributed by atoms with E-state index in [4.69, 9.17) is 9.47 Å². The van der Waals surface area contributed by atoms with E-state index < -0.39 is 37.5 Å². The summed E-state index contributed by atoms with van der Waals surface area (Å²) in [5, 5.41) is 20.1. The molecule has 0 amide bonds. The van der Waals surface area contributed by atoms with Gasteiger partial charge in [0.1, 0.15) is 6.10 Å². The van der Waals surface area contributed by atoms with Crippen LogP contribution in [0.2, 0.25) is 0 Å². The molecule has 4 N–H and O–H groups in total. The largest absolute Gasteiger partial charge is 0.390 e. The molecule has 4 aliphatic carbocycles. The highest BCUT2D eigenvalue weighted by atomic mass is 31.2. The molecule has 0 spiro atoms. The van der Waals surface area contributed by atoms with Crippen LogP contribution in [-0.2, 0) is 14.0 Å². The van der Waals surface area contributed by atoms with Gasteiger partial charge in [-0.2, -0.15) is 0 Å². The maximum absolute atomic E-state index is 13.3. The van der Waals surface area contributed by atoms with E-state index in [9.17, 15) is 24.6 Å². The predicted octanol–water partition coefficient (Wildman–Crippen LogP) is 9.12. The Hall–Kier alpha value is -0.270. The molecule has 5 rings (SSSR count). The normalized spacial score (nSPS) is 43.4. The summed E-state index contributed by atoms with van der Waals surface area (Å²) >= 11 is 0. The monoisotopic (exact) mass is 680 g/mol. The molecular formula is C39H69O7P. The second-order valence-corrected chi connectivity index (χ2v) is 19.2. The van der Waals surface area contributed by atoms with Crippen molar-refractivity contribution in [3.63, 3.8) is 0 Å². The number of aliphatic hydroxyl groups is 2. The van der Waals surface area contributed by atoms with E-state index in [1.807, 2.05) is 0 Å². The summed E-state index contributed by atoms with van der Waals surface area (Å²) in [4.78, 5) is 21.7. The van der Waals surface area contributed by atoms with E-state index in [-0.39, 0.29) is 17.8 Å². The van der Waals surface area contributed by atoms with E-state index in [0.29, 0.717) is 42.9 Å². The fraction of sp³-hybridized carbons (Fsp3) is 0.949. The molecule has 8 heteroatoms. The minimum atomic E-state index is -4.66. The Kier molecular flexibility index (Phi) is 12.6. The Labute approximate surface area is 286 Å². The molecule has 5 fully saturated rings. The first-order valence-electron chi connectivity index (χ1n) is 19.7. The van der Waals surface area contributed by atoms with Gasteiger partial charge in [0, 0.05) is 6.42 Å². The second-order valence-electron chi connectivity index (χ2n) is 17.3. The third kappa shape index (κ3) is 7.68. The minimum absolute atomic E-state index is 0.0533. The SMILES string of the molecule is CCCCCCC=CCCC(O)[C@@H]1OC(OC2(P(=O)(O)O)CC[C@@]3(C)C(CCC4C3CC[C@@]3(C)C4CC[C@@H]3[C@H](C)CCC)C2)C[C@@H]1O. The molecule has 4 saturated carbocycles. The average molecular weight is 681 g/mol. The lowest BCUT2D eigenvalue weighted by Crippen LogP contribution is -2.56. The maximum Gasteiger partial charge on any atom is 0.357 e. The third-order valence-corrected chi connectivity index (χ3v) is 16.2. The zero-order valence-electron chi connectivity index (χ0n) is 30.3. The third-order valence-electron chi connectivity index (χ3n) is 14.6. The number of hydrogen-bond acceptors (Lipinski definition) is 5. The Morgan fingerprint density at radius 3 is 2.36 bits per heavy atom. The zero-order valence-corrected chi connectivity index (χ0v) is 31.2. The number of allylic oxidation sites excluding steroid dienone is 2. The first-order valence-corrected chi connectivity index (χ1v) is 21.3. The molecule has 1 saturated heterocycles. The van der Waals surface area contributed by atoms with Crippen LogP contribution in [0.3, 0.4) is 0 Å². The van der Waals surface area contributed by atoms with Crippen molar-refractivity contribution in [3.8, 4) is 0 Å². The van der Waals surface area contributed by atoms with Gasteiger partial charge in [-0.05, 0) is 130 Å². The van der Waals surface area contributed by atoms with E-state index in [2.05, 4.69) is 46.8 Å². The lowest BCUT2D eigenvalue weighted by molar-refractivity contribution is -0.222. The van der Waals surface area contributed by atoms with Gasteiger partial charge >= 0.3 is 7.60 Å². The van der Waals surface area contributed by atoms with Crippen molar-refractivity contribution >= 4 is 7.60 Å². The molecule has 47 heavy (non-hydrogen) atoms. The van der Waals surface area contributed by atoms with Gasteiger partial charge in [-0.3, -0.25) is 4.57 Å². The van der Waals surface area contributed by atoms with E-state index in [0.717, 1.165) is 43.4 Å². The fourth-order valence-corrected chi connectivity index (χ4v) is 13.1. The first kappa shape index (κ1) is 38.0. The maximum atomic E-state index is 13.3. The number of fused-ring (bicyclic) bond motifs is 5. The standard InChI is InChI=1S/C39H69O7P/c1-6-8-9-10-11-12-13-14-16-33(40)36-34(41)25-35(45-36)46-39(47(42,43)44)24-23-37(4)28(26-39)17-18-29-31-20-19-30(27(3)15-7-2)38(31,5)22-21-32(29)37/h12-13,27-36,40-41H,6-11,14-26H2,1-5H3,(H2,42,43,44)/t27-,28?,29?,30-,31?,32?,33?,34+,35?,36+,37+,38-,39?/m1/s1. The highest BCUT2D eigenvalue weighted by Gasteiger charge is 2.65. The Morgan fingerprint density at radius 1 is 0.894 bits per heavy atom. The van der Waals surface area contributed by atoms with Crippen LogP contribution < -0.4 is 0 Å². The van der Waals surface area contributed by atoms with Gasteiger partial charge in [0.2, 0.25) is 0 Å². The summed E-state index contributed by atoms with van der Waals surface area (Å²) < 4.78 is 25.7.